The van der Waals surface area contributed by atoms with E-state index in [1.807, 2.05) is 26.8 Å². The number of anilines is 1. The highest BCUT2D eigenvalue weighted by Crippen LogP contribution is 2.28. The van der Waals surface area contributed by atoms with Gasteiger partial charge < -0.3 is 15.6 Å². The van der Waals surface area contributed by atoms with Crippen molar-refractivity contribution in [3.63, 3.8) is 0 Å². The second-order valence-corrected chi connectivity index (χ2v) is 6.62. The molecular formula is C18H21ClN6O. The lowest BCUT2D eigenvalue weighted by atomic mass is 9.97. The van der Waals surface area contributed by atoms with Gasteiger partial charge in [-0.1, -0.05) is 18.5 Å². The molecule has 7 nitrogen and oxygen atoms in total. The zero-order chi connectivity index (χ0) is 18.7. The van der Waals surface area contributed by atoms with Crippen LogP contribution in [0.3, 0.4) is 0 Å². The topological polar surface area (TPSA) is 95.6 Å². The van der Waals surface area contributed by atoms with Crippen molar-refractivity contribution in [2.75, 3.05) is 11.9 Å². The molecule has 8 heteroatoms. The van der Waals surface area contributed by atoms with Gasteiger partial charge in [0.2, 0.25) is 5.91 Å². The highest BCUT2D eigenvalue weighted by atomic mass is 35.5. The van der Waals surface area contributed by atoms with Crippen LogP contribution in [0.1, 0.15) is 27.2 Å². The standard InChI is InChI=1S/C18H21ClN6O/c1-4-18(3,17(26)20-5-2)25-14-6-7-21-16(24-14)13-10-23-15-12(13)8-11(19)9-22-15/h6-10H,4-5H2,1-3H3,(H,20,26)(H,22,23)(H,21,24,25)/t18-/m1/s1. The monoisotopic (exact) mass is 372 g/mol. The summed E-state index contributed by atoms with van der Waals surface area (Å²) < 4.78 is 0. The number of halogens is 1. The normalized spacial score (nSPS) is 13.4. The lowest BCUT2D eigenvalue weighted by Crippen LogP contribution is -2.50. The number of aromatic amines is 1. The Kier molecular flexibility index (Phi) is 5.08. The van der Waals surface area contributed by atoms with Crippen LogP contribution in [0.5, 0.6) is 0 Å². The fourth-order valence-corrected chi connectivity index (χ4v) is 2.82. The zero-order valence-electron chi connectivity index (χ0n) is 14.9. The van der Waals surface area contributed by atoms with Crippen molar-refractivity contribution in [2.45, 2.75) is 32.7 Å². The Hall–Kier alpha value is -2.67. The molecule has 0 spiro atoms. The summed E-state index contributed by atoms with van der Waals surface area (Å²) in [7, 11) is 0. The van der Waals surface area contributed by atoms with Crippen molar-refractivity contribution in [2.24, 2.45) is 0 Å². The van der Waals surface area contributed by atoms with E-state index >= 15 is 0 Å². The number of nitrogens with zero attached hydrogens (tertiary/aromatic N) is 3. The minimum atomic E-state index is -0.757. The molecule has 136 valence electrons. The number of aromatic nitrogens is 4. The number of hydrogen-bond donors (Lipinski definition) is 3. The quantitative estimate of drug-likeness (QED) is 0.616. The molecule has 1 amide bonds. The van der Waals surface area contributed by atoms with Gasteiger partial charge in [0.1, 0.15) is 17.0 Å². The Labute approximate surface area is 156 Å². The van der Waals surface area contributed by atoms with Gasteiger partial charge in [0.15, 0.2) is 5.82 Å². The van der Waals surface area contributed by atoms with Gasteiger partial charge in [-0.05, 0) is 32.4 Å². The smallest absolute Gasteiger partial charge is 0.245 e. The number of rotatable bonds is 6. The van der Waals surface area contributed by atoms with Crippen LogP contribution in [0, 0.1) is 0 Å². The Morgan fingerprint density at radius 1 is 1.35 bits per heavy atom. The number of amides is 1. The third kappa shape index (κ3) is 3.48. The molecule has 26 heavy (non-hydrogen) atoms. The molecule has 3 aromatic heterocycles. The molecule has 3 aromatic rings. The average molecular weight is 373 g/mol. The molecule has 1 atom stereocenters. The highest BCUT2D eigenvalue weighted by molar-refractivity contribution is 6.31. The van der Waals surface area contributed by atoms with Crippen molar-refractivity contribution in [1.82, 2.24) is 25.3 Å². The first-order chi connectivity index (χ1) is 12.5. The van der Waals surface area contributed by atoms with Crippen molar-refractivity contribution < 1.29 is 4.79 Å². The van der Waals surface area contributed by atoms with Gasteiger partial charge >= 0.3 is 0 Å². The third-order valence-corrected chi connectivity index (χ3v) is 4.55. The van der Waals surface area contributed by atoms with E-state index in [1.54, 1.807) is 24.7 Å². The molecule has 0 radical (unpaired) electrons. The van der Waals surface area contributed by atoms with E-state index in [-0.39, 0.29) is 5.91 Å². The number of nitrogens with one attached hydrogen (secondary N) is 3. The molecule has 3 rings (SSSR count). The minimum absolute atomic E-state index is 0.0641. The van der Waals surface area contributed by atoms with Crippen LogP contribution in [-0.2, 0) is 4.79 Å². The molecule has 0 aromatic carbocycles. The van der Waals surface area contributed by atoms with E-state index < -0.39 is 5.54 Å². The van der Waals surface area contributed by atoms with E-state index in [4.69, 9.17) is 11.6 Å². The summed E-state index contributed by atoms with van der Waals surface area (Å²) in [4.78, 5) is 28.7. The Balaban J connectivity index is 1.95. The zero-order valence-corrected chi connectivity index (χ0v) is 15.7. The van der Waals surface area contributed by atoms with Crippen molar-refractivity contribution in [3.05, 3.63) is 35.7 Å². The van der Waals surface area contributed by atoms with Crippen LogP contribution in [0.15, 0.2) is 30.7 Å². The summed E-state index contributed by atoms with van der Waals surface area (Å²) in [5.74, 6) is 1.04. The molecule has 0 aliphatic heterocycles. The van der Waals surface area contributed by atoms with Crippen LogP contribution < -0.4 is 10.6 Å². The van der Waals surface area contributed by atoms with Crippen LogP contribution in [0.25, 0.3) is 22.4 Å². The van der Waals surface area contributed by atoms with E-state index in [2.05, 4.69) is 30.6 Å². The minimum Gasteiger partial charge on any atom is -0.356 e. The highest BCUT2D eigenvalue weighted by Gasteiger charge is 2.31. The van der Waals surface area contributed by atoms with Crippen LogP contribution in [0.2, 0.25) is 5.02 Å². The third-order valence-electron chi connectivity index (χ3n) is 4.34. The number of carbonyl (C=O) groups is 1. The lowest BCUT2D eigenvalue weighted by Gasteiger charge is -2.28. The van der Waals surface area contributed by atoms with Gasteiger partial charge in [-0.15, -0.1) is 0 Å². The average Bonchev–Trinajstić information content (AvgIpc) is 3.05. The van der Waals surface area contributed by atoms with Gasteiger partial charge in [-0.25, -0.2) is 15.0 Å². The maximum atomic E-state index is 12.4. The lowest BCUT2D eigenvalue weighted by molar-refractivity contribution is -0.125. The largest absolute Gasteiger partial charge is 0.356 e. The molecule has 0 bridgehead atoms. The first-order valence-corrected chi connectivity index (χ1v) is 8.87. The van der Waals surface area contributed by atoms with Crippen LogP contribution >= 0.6 is 11.6 Å². The fraction of sp³-hybridized carbons (Fsp3) is 0.333. The van der Waals surface area contributed by atoms with Gasteiger partial charge in [0.25, 0.3) is 0 Å². The maximum Gasteiger partial charge on any atom is 0.245 e. The molecule has 0 fully saturated rings. The Morgan fingerprint density at radius 2 is 2.15 bits per heavy atom. The fourth-order valence-electron chi connectivity index (χ4n) is 2.66. The molecule has 3 N–H and O–H groups in total. The number of likely N-dealkylation sites (N-methyl/N-ethyl adjacent to an activating group) is 1. The van der Waals surface area contributed by atoms with Gasteiger partial charge in [0, 0.05) is 36.1 Å². The molecular weight excluding hydrogens is 352 g/mol. The van der Waals surface area contributed by atoms with Crippen molar-refractivity contribution in [1.29, 1.82) is 0 Å². The molecule has 0 saturated heterocycles. The SMILES string of the molecule is CCNC(=O)[C@@](C)(CC)Nc1ccnc(-c2c[nH]c3ncc(Cl)cc23)n1. The van der Waals surface area contributed by atoms with E-state index in [9.17, 15) is 4.79 Å². The first kappa shape index (κ1) is 18.1. The Morgan fingerprint density at radius 3 is 2.88 bits per heavy atom. The maximum absolute atomic E-state index is 12.4. The summed E-state index contributed by atoms with van der Waals surface area (Å²) in [6, 6.07) is 3.57. The molecule has 0 unspecified atom stereocenters. The Bertz CT molecular complexity index is 940. The summed E-state index contributed by atoms with van der Waals surface area (Å²) in [5.41, 5.74) is 0.758. The second kappa shape index (κ2) is 7.29. The van der Waals surface area contributed by atoms with Crippen molar-refractivity contribution in [3.8, 4) is 11.4 Å². The van der Waals surface area contributed by atoms with E-state index in [0.717, 1.165) is 10.9 Å². The number of fused-ring (bicyclic) bond motifs is 1. The predicted octanol–water partition coefficient (Wildman–Crippen LogP) is 3.39. The molecule has 0 aliphatic rings. The summed E-state index contributed by atoms with van der Waals surface area (Å²) >= 11 is 6.06. The molecule has 3 heterocycles. The number of pyridine rings is 1. The van der Waals surface area contributed by atoms with Crippen LogP contribution in [-0.4, -0.2) is 37.9 Å². The van der Waals surface area contributed by atoms with E-state index in [0.29, 0.717) is 35.3 Å². The summed E-state index contributed by atoms with van der Waals surface area (Å²) in [6.45, 7) is 6.29. The van der Waals surface area contributed by atoms with Gasteiger partial charge in [-0.3, -0.25) is 4.79 Å². The summed E-state index contributed by atoms with van der Waals surface area (Å²) in [5, 5.41) is 7.48. The van der Waals surface area contributed by atoms with Crippen molar-refractivity contribution >= 4 is 34.4 Å². The van der Waals surface area contributed by atoms with Gasteiger partial charge in [0.05, 0.1) is 5.02 Å². The van der Waals surface area contributed by atoms with E-state index in [1.165, 1.54) is 0 Å². The first-order valence-electron chi connectivity index (χ1n) is 8.49. The van der Waals surface area contributed by atoms with Crippen LogP contribution in [0.4, 0.5) is 5.82 Å². The predicted molar refractivity (Wildman–Crippen MR) is 103 cm³/mol. The summed E-state index contributed by atoms with van der Waals surface area (Å²) in [6.07, 6.45) is 5.66. The molecule has 0 saturated carbocycles. The second-order valence-electron chi connectivity index (χ2n) is 6.19. The number of carbonyl (C=O) groups excluding carboxylic acids is 1. The van der Waals surface area contributed by atoms with Gasteiger partial charge in [-0.2, -0.15) is 0 Å². The molecule has 0 aliphatic carbocycles. The number of H-pyrrole nitrogens is 1. The number of hydrogen-bond acceptors (Lipinski definition) is 5.